The third kappa shape index (κ3) is 6.36. The molecule has 3 N–H and O–H groups in total. The van der Waals surface area contributed by atoms with Crippen LogP contribution in [-0.4, -0.2) is 52.1 Å². The van der Waals surface area contributed by atoms with E-state index in [9.17, 15) is 9.90 Å². The van der Waals surface area contributed by atoms with Crippen molar-refractivity contribution in [2.45, 2.75) is 70.9 Å². The smallest absolute Gasteiger partial charge is 0.303 e. The molecule has 9 heteroatoms. The van der Waals surface area contributed by atoms with E-state index in [0.29, 0.717) is 24.0 Å². The zero-order valence-corrected chi connectivity index (χ0v) is 20.0. The summed E-state index contributed by atoms with van der Waals surface area (Å²) in [6.07, 6.45) is 4.62. The molecule has 0 radical (unpaired) electrons. The van der Waals surface area contributed by atoms with Gasteiger partial charge in [0.1, 0.15) is 0 Å². The lowest BCUT2D eigenvalue weighted by Gasteiger charge is -2.40. The van der Waals surface area contributed by atoms with Gasteiger partial charge in [-0.25, -0.2) is 5.10 Å². The van der Waals surface area contributed by atoms with Crippen molar-refractivity contribution in [3.63, 3.8) is 0 Å². The van der Waals surface area contributed by atoms with Crippen LogP contribution in [0.1, 0.15) is 64.4 Å². The summed E-state index contributed by atoms with van der Waals surface area (Å²) in [5.41, 5.74) is 2.87. The molecule has 0 unspecified atom stereocenters. The number of hydrogen-bond acceptors (Lipinski definition) is 6. The van der Waals surface area contributed by atoms with Crippen molar-refractivity contribution in [3.05, 3.63) is 29.0 Å². The molecule has 1 aromatic heterocycles. The molecule has 3 rings (SSSR count). The fourth-order valence-corrected chi connectivity index (χ4v) is 4.56. The summed E-state index contributed by atoms with van der Waals surface area (Å²) < 4.78 is 5.57. The summed E-state index contributed by atoms with van der Waals surface area (Å²) in [6.45, 7) is 7.28. The first-order valence-corrected chi connectivity index (χ1v) is 11.6. The Morgan fingerprint density at radius 1 is 1.31 bits per heavy atom. The summed E-state index contributed by atoms with van der Waals surface area (Å²) in [6, 6.07) is 6.55. The van der Waals surface area contributed by atoms with Gasteiger partial charge in [0.2, 0.25) is 11.2 Å². The Bertz CT molecular complexity index is 896. The second-order valence-electron chi connectivity index (χ2n) is 9.06. The molecule has 0 saturated heterocycles. The average Bonchev–Trinajstić information content (AvgIpc) is 3.16. The molecule has 8 nitrogen and oxygen atoms in total. The van der Waals surface area contributed by atoms with Crippen LogP contribution in [0.15, 0.2) is 18.2 Å². The molecule has 1 aliphatic carbocycles. The van der Waals surface area contributed by atoms with E-state index in [4.69, 9.17) is 16.3 Å². The number of carboxylic acids is 1. The standard InChI is InChI=1S/C23H34ClN5O3/c1-14(2)13-29(17-6-8-18(32-4)9-7-17)20-10-5-16(15(3)11-21(30)31)12-19(20)25-23-26-22(24)27-28-23/h5,10,12,14-15,17-18H,6-9,11,13H2,1-4H3,(H,30,31)(H2,25,26,27,28)/t15-,17?,18?/m1/s1. The minimum Gasteiger partial charge on any atom is -0.481 e. The molecule has 0 bridgehead atoms. The first-order valence-electron chi connectivity index (χ1n) is 11.3. The van der Waals surface area contributed by atoms with Crippen molar-refractivity contribution < 1.29 is 14.6 Å². The Morgan fingerprint density at radius 2 is 2.03 bits per heavy atom. The number of aromatic nitrogens is 3. The van der Waals surface area contributed by atoms with Crippen LogP contribution >= 0.6 is 11.6 Å². The van der Waals surface area contributed by atoms with Gasteiger partial charge in [-0.2, -0.15) is 4.98 Å². The lowest BCUT2D eigenvalue weighted by molar-refractivity contribution is -0.137. The zero-order valence-electron chi connectivity index (χ0n) is 19.3. The molecule has 1 aliphatic rings. The first-order chi connectivity index (χ1) is 15.3. The van der Waals surface area contributed by atoms with Gasteiger partial charge in [-0.1, -0.05) is 26.8 Å². The van der Waals surface area contributed by atoms with Crippen LogP contribution in [0.3, 0.4) is 0 Å². The maximum atomic E-state index is 11.2. The number of rotatable bonds is 10. The maximum Gasteiger partial charge on any atom is 0.303 e. The average molecular weight is 464 g/mol. The highest BCUT2D eigenvalue weighted by atomic mass is 35.5. The highest BCUT2D eigenvalue weighted by molar-refractivity contribution is 6.28. The van der Waals surface area contributed by atoms with Gasteiger partial charge < -0.3 is 20.1 Å². The highest BCUT2D eigenvalue weighted by Gasteiger charge is 2.28. The number of ether oxygens (including phenoxy) is 1. The number of H-pyrrole nitrogens is 1. The van der Waals surface area contributed by atoms with Crippen LogP contribution in [0.5, 0.6) is 0 Å². The molecule has 0 spiro atoms. The molecule has 2 aromatic rings. The van der Waals surface area contributed by atoms with E-state index >= 15 is 0 Å². The minimum absolute atomic E-state index is 0.0714. The van der Waals surface area contributed by atoms with Gasteiger partial charge in [0.15, 0.2) is 0 Å². The second kappa shape index (κ2) is 11.0. The first kappa shape index (κ1) is 24.3. The molecule has 0 amide bonds. The van der Waals surface area contributed by atoms with E-state index in [1.807, 2.05) is 19.1 Å². The van der Waals surface area contributed by atoms with Gasteiger partial charge in [0, 0.05) is 19.7 Å². The molecule has 1 aromatic carbocycles. The largest absolute Gasteiger partial charge is 0.481 e. The van der Waals surface area contributed by atoms with Crippen molar-refractivity contribution in [3.8, 4) is 0 Å². The molecule has 1 saturated carbocycles. The number of carboxylic acid groups (broad SMARTS) is 1. The zero-order chi connectivity index (χ0) is 23.3. The Labute approximate surface area is 194 Å². The lowest BCUT2D eigenvalue weighted by atomic mass is 9.90. The number of nitrogens with one attached hydrogen (secondary N) is 2. The lowest BCUT2D eigenvalue weighted by Crippen LogP contribution is -2.41. The number of aromatic amines is 1. The summed E-state index contributed by atoms with van der Waals surface area (Å²) in [4.78, 5) is 17.9. The van der Waals surface area contributed by atoms with Crippen molar-refractivity contribution in [1.82, 2.24) is 15.2 Å². The summed E-state index contributed by atoms with van der Waals surface area (Å²) in [5.74, 6) is -0.0693. The van der Waals surface area contributed by atoms with E-state index in [1.165, 1.54) is 0 Å². The van der Waals surface area contributed by atoms with E-state index in [2.05, 4.69) is 45.3 Å². The molecular weight excluding hydrogens is 430 g/mol. The molecule has 32 heavy (non-hydrogen) atoms. The van der Waals surface area contributed by atoms with Crippen molar-refractivity contribution in [2.75, 3.05) is 23.9 Å². The summed E-state index contributed by atoms with van der Waals surface area (Å²) >= 11 is 5.93. The Hall–Kier alpha value is -2.32. The number of anilines is 3. The van der Waals surface area contributed by atoms with Crippen molar-refractivity contribution >= 4 is 34.9 Å². The van der Waals surface area contributed by atoms with Gasteiger partial charge in [-0.3, -0.25) is 4.79 Å². The topological polar surface area (TPSA) is 103 Å². The normalized spacial score (nSPS) is 19.7. The van der Waals surface area contributed by atoms with Crippen LogP contribution in [0.4, 0.5) is 17.3 Å². The Balaban J connectivity index is 1.96. The van der Waals surface area contributed by atoms with Crippen LogP contribution < -0.4 is 10.2 Å². The number of halogens is 1. The third-order valence-electron chi connectivity index (χ3n) is 6.06. The molecule has 1 fully saturated rings. The van der Waals surface area contributed by atoms with E-state index < -0.39 is 5.97 Å². The van der Waals surface area contributed by atoms with Crippen LogP contribution in [0.2, 0.25) is 5.28 Å². The monoisotopic (exact) mass is 463 g/mol. The van der Waals surface area contributed by atoms with E-state index in [1.54, 1.807) is 7.11 Å². The van der Waals surface area contributed by atoms with Crippen molar-refractivity contribution in [1.29, 1.82) is 0 Å². The number of nitrogens with zero attached hydrogens (tertiary/aromatic N) is 3. The van der Waals surface area contributed by atoms with Gasteiger partial charge in [0.05, 0.1) is 23.9 Å². The number of carbonyl (C=O) groups is 1. The predicted octanol–water partition coefficient (Wildman–Crippen LogP) is 5.20. The van der Waals surface area contributed by atoms with Crippen LogP contribution in [0.25, 0.3) is 0 Å². The van der Waals surface area contributed by atoms with E-state index in [-0.39, 0.29) is 17.6 Å². The molecule has 1 heterocycles. The maximum absolute atomic E-state index is 11.2. The minimum atomic E-state index is -0.812. The summed E-state index contributed by atoms with van der Waals surface area (Å²) in [5, 5.41) is 19.5. The quantitative estimate of drug-likeness (QED) is 0.444. The fourth-order valence-electron chi connectivity index (χ4n) is 4.44. The number of benzene rings is 1. The van der Waals surface area contributed by atoms with Gasteiger partial charge in [0.25, 0.3) is 0 Å². The molecule has 0 aliphatic heterocycles. The van der Waals surface area contributed by atoms with Gasteiger partial charge in [-0.05, 0) is 66.8 Å². The highest BCUT2D eigenvalue weighted by Crippen LogP contribution is 2.37. The second-order valence-corrected chi connectivity index (χ2v) is 9.42. The molecular formula is C23H34ClN5O3. The number of aliphatic carboxylic acids is 1. The Morgan fingerprint density at radius 3 is 2.59 bits per heavy atom. The molecule has 176 valence electrons. The van der Waals surface area contributed by atoms with Crippen LogP contribution in [0, 0.1) is 5.92 Å². The van der Waals surface area contributed by atoms with Gasteiger partial charge >= 0.3 is 5.97 Å². The van der Waals surface area contributed by atoms with Gasteiger partial charge in [-0.15, -0.1) is 5.10 Å². The third-order valence-corrected chi connectivity index (χ3v) is 6.23. The van der Waals surface area contributed by atoms with E-state index in [0.717, 1.165) is 49.2 Å². The number of hydrogen-bond donors (Lipinski definition) is 3. The summed E-state index contributed by atoms with van der Waals surface area (Å²) in [7, 11) is 1.79. The SMILES string of the molecule is COC1CCC(N(CC(C)C)c2ccc([C@H](C)CC(=O)O)cc2Nc2n[nH]c(Cl)n2)CC1. The van der Waals surface area contributed by atoms with Crippen LogP contribution in [-0.2, 0) is 9.53 Å². The fraction of sp³-hybridized carbons (Fsp3) is 0.609. The Kier molecular flexibility index (Phi) is 8.37. The molecule has 1 atom stereocenters. The predicted molar refractivity (Wildman–Crippen MR) is 127 cm³/mol. The number of methoxy groups -OCH3 is 1. The van der Waals surface area contributed by atoms with Crippen molar-refractivity contribution in [2.24, 2.45) is 5.92 Å².